The first-order valence-electron chi connectivity index (χ1n) is 5.01. The normalized spacial score (nSPS) is 24.7. The third-order valence-corrected chi connectivity index (χ3v) is 2.11. The Bertz CT molecular complexity index is 97.6. The molecule has 2 fully saturated rings. The summed E-state index contributed by atoms with van der Waals surface area (Å²) < 4.78 is 0. The van der Waals surface area contributed by atoms with Crippen LogP contribution in [-0.4, -0.2) is 57.4 Å². The fourth-order valence-corrected chi connectivity index (χ4v) is 1.29. The predicted octanol–water partition coefficient (Wildman–Crippen LogP) is -2.06. The van der Waals surface area contributed by atoms with Crippen LogP contribution in [0, 0.1) is 0 Å². The van der Waals surface area contributed by atoms with E-state index in [0.717, 1.165) is 52.4 Å². The summed E-state index contributed by atoms with van der Waals surface area (Å²) >= 11 is 0. The van der Waals surface area contributed by atoms with E-state index in [9.17, 15) is 0 Å². The van der Waals surface area contributed by atoms with Crippen molar-refractivity contribution in [3.8, 4) is 0 Å². The number of nitrogens with one attached hydrogen (secondary N) is 3. The highest BCUT2D eigenvalue weighted by atomic mass is 15.4. The first-order valence-corrected chi connectivity index (χ1v) is 5.01. The molecule has 2 rings (SSSR count). The lowest BCUT2D eigenvalue weighted by Gasteiger charge is -2.21. The number of hydrogen-bond acceptors (Lipinski definition) is 5. The summed E-state index contributed by atoms with van der Waals surface area (Å²) in [5.74, 6) is 5.43. The van der Waals surface area contributed by atoms with Crippen LogP contribution in [0.25, 0.3) is 0 Å². The van der Waals surface area contributed by atoms with Crippen molar-refractivity contribution >= 4 is 0 Å². The second kappa shape index (κ2) is 7.23. The lowest BCUT2D eigenvalue weighted by atomic mass is 10.4. The average Bonchev–Trinajstić information content (AvgIpc) is 2.22. The molecule has 0 aromatic heterocycles. The molecule has 0 aromatic rings. The number of hydrazine groups is 1. The van der Waals surface area contributed by atoms with Gasteiger partial charge in [0.1, 0.15) is 0 Å². The monoisotopic (exact) mass is 187 g/mol. The molecule has 2 aliphatic rings. The second-order valence-corrected chi connectivity index (χ2v) is 3.29. The average molecular weight is 187 g/mol. The van der Waals surface area contributed by atoms with Gasteiger partial charge in [-0.1, -0.05) is 0 Å². The molecular formula is C8H21N5. The Balaban J connectivity index is 0.000000132. The van der Waals surface area contributed by atoms with Crippen LogP contribution in [0.2, 0.25) is 0 Å². The van der Waals surface area contributed by atoms with Gasteiger partial charge < -0.3 is 16.0 Å². The Morgan fingerprint density at radius 2 is 1.08 bits per heavy atom. The molecule has 13 heavy (non-hydrogen) atoms. The Hall–Kier alpha value is -0.200. The first-order chi connectivity index (χ1) is 6.39. The summed E-state index contributed by atoms with van der Waals surface area (Å²) in [4.78, 5) is 0. The van der Waals surface area contributed by atoms with Crippen LogP contribution in [0.5, 0.6) is 0 Å². The van der Waals surface area contributed by atoms with Gasteiger partial charge in [0.15, 0.2) is 0 Å². The Morgan fingerprint density at radius 1 is 0.692 bits per heavy atom. The van der Waals surface area contributed by atoms with Crippen LogP contribution in [-0.2, 0) is 0 Å². The van der Waals surface area contributed by atoms with Gasteiger partial charge in [-0.25, -0.2) is 5.01 Å². The van der Waals surface area contributed by atoms with Crippen LogP contribution in [0.15, 0.2) is 0 Å². The lowest BCUT2D eigenvalue weighted by Crippen LogP contribution is -2.47. The van der Waals surface area contributed by atoms with Gasteiger partial charge in [-0.2, -0.15) is 0 Å². The number of nitrogens with zero attached hydrogens (tertiary/aromatic N) is 1. The van der Waals surface area contributed by atoms with E-state index < -0.39 is 0 Å². The van der Waals surface area contributed by atoms with Crippen LogP contribution in [0.3, 0.4) is 0 Å². The molecule has 0 aromatic carbocycles. The molecule has 0 radical (unpaired) electrons. The Morgan fingerprint density at radius 3 is 1.31 bits per heavy atom. The Kier molecular flexibility index (Phi) is 6.05. The van der Waals surface area contributed by atoms with Gasteiger partial charge >= 0.3 is 0 Å². The third-order valence-electron chi connectivity index (χ3n) is 2.11. The molecule has 5 heteroatoms. The maximum Gasteiger partial charge on any atom is 0.0254 e. The summed E-state index contributed by atoms with van der Waals surface area (Å²) in [6.45, 7) is 8.60. The molecular weight excluding hydrogens is 166 g/mol. The van der Waals surface area contributed by atoms with Crippen molar-refractivity contribution in [1.82, 2.24) is 21.0 Å². The van der Waals surface area contributed by atoms with Crippen molar-refractivity contribution < 1.29 is 0 Å². The standard InChI is InChI=1S/C4H11N3.C4H10N2/c5-7-3-1-6-2-4-7;1-2-6-4-3-5-1/h6H,1-5H2;5-6H,1-4H2. The van der Waals surface area contributed by atoms with Crippen LogP contribution < -0.4 is 21.8 Å². The highest BCUT2D eigenvalue weighted by Gasteiger charge is 2.01. The maximum atomic E-state index is 5.43. The zero-order valence-corrected chi connectivity index (χ0v) is 8.18. The van der Waals surface area contributed by atoms with Crippen LogP contribution >= 0.6 is 0 Å². The van der Waals surface area contributed by atoms with Gasteiger partial charge in [0.25, 0.3) is 0 Å². The predicted molar refractivity (Wildman–Crippen MR) is 54.4 cm³/mol. The lowest BCUT2D eigenvalue weighted by molar-refractivity contribution is 0.248. The smallest absolute Gasteiger partial charge is 0.0254 e. The van der Waals surface area contributed by atoms with Crippen molar-refractivity contribution in [2.75, 3.05) is 52.4 Å². The SMILES string of the molecule is C1CNCCN1.NN1CCNCC1. The highest BCUT2D eigenvalue weighted by Crippen LogP contribution is 1.79. The van der Waals surface area contributed by atoms with Crippen molar-refractivity contribution in [2.45, 2.75) is 0 Å². The molecule has 0 atom stereocenters. The molecule has 2 aliphatic heterocycles. The number of hydrogen-bond donors (Lipinski definition) is 4. The summed E-state index contributed by atoms with van der Waals surface area (Å²) in [5, 5.41) is 11.5. The number of piperazine rings is 2. The topological polar surface area (TPSA) is 65.3 Å². The van der Waals surface area contributed by atoms with E-state index in [0.29, 0.717) is 0 Å². The first kappa shape index (κ1) is 10.9. The van der Waals surface area contributed by atoms with Crippen molar-refractivity contribution in [2.24, 2.45) is 5.84 Å². The fraction of sp³-hybridized carbons (Fsp3) is 1.00. The van der Waals surface area contributed by atoms with Gasteiger partial charge in [-0.3, -0.25) is 5.84 Å². The van der Waals surface area contributed by atoms with Crippen LogP contribution in [0.1, 0.15) is 0 Å². The van der Waals surface area contributed by atoms with Crippen LogP contribution in [0.4, 0.5) is 0 Å². The van der Waals surface area contributed by atoms with E-state index in [1.807, 2.05) is 5.01 Å². The van der Waals surface area contributed by atoms with Gasteiger partial charge in [-0.05, 0) is 0 Å². The van der Waals surface area contributed by atoms with E-state index in [-0.39, 0.29) is 0 Å². The zero-order chi connectivity index (χ0) is 9.36. The second-order valence-electron chi connectivity index (χ2n) is 3.29. The van der Waals surface area contributed by atoms with Gasteiger partial charge in [0, 0.05) is 52.4 Å². The van der Waals surface area contributed by atoms with Gasteiger partial charge in [-0.15, -0.1) is 0 Å². The molecule has 0 saturated carbocycles. The molecule has 0 amide bonds. The minimum absolute atomic E-state index is 0.986. The van der Waals surface area contributed by atoms with Gasteiger partial charge in [0.05, 0.1) is 0 Å². The van der Waals surface area contributed by atoms with Crippen molar-refractivity contribution in [1.29, 1.82) is 0 Å². The molecule has 78 valence electrons. The fourth-order valence-electron chi connectivity index (χ4n) is 1.29. The molecule has 0 unspecified atom stereocenters. The minimum Gasteiger partial charge on any atom is -0.314 e. The molecule has 0 aliphatic carbocycles. The molecule has 0 spiro atoms. The molecule has 0 bridgehead atoms. The van der Waals surface area contributed by atoms with E-state index >= 15 is 0 Å². The van der Waals surface area contributed by atoms with E-state index in [2.05, 4.69) is 16.0 Å². The molecule has 2 heterocycles. The summed E-state index contributed by atoms with van der Waals surface area (Å²) in [6, 6.07) is 0. The van der Waals surface area contributed by atoms with E-state index in [4.69, 9.17) is 5.84 Å². The number of nitrogens with two attached hydrogens (primary N) is 1. The summed E-state index contributed by atoms with van der Waals surface area (Å²) in [7, 11) is 0. The van der Waals surface area contributed by atoms with Gasteiger partial charge in [0.2, 0.25) is 0 Å². The van der Waals surface area contributed by atoms with Crippen molar-refractivity contribution in [3.63, 3.8) is 0 Å². The molecule has 5 N–H and O–H groups in total. The highest BCUT2D eigenvalue weighted by molar-refractivity contribution is 4.60. The third kappa shape index (κ3) is 5.95. The van der Waals surface area contributed by atoms with E-state index in [1.54, 1.807) is 0 Å². The zero-order valence-electron chi connectivity index (χ0n) is 8.18. The quantitative estimate of drug-likeness (QED) is 0.329. The largest absolute Gasteiger partial charge is 0.314 e. The van der Waals surface area contributed by atoms with Crippen molar-refractivity contribution in [3.05, 3.63) is 0 Å². The number of rotatable bonds is 0. The summed E-state index contributed by atoms with van der Waals surface area (Å²) in [5.41, 5.74) is 0. The minimum atomic E-state index is 0.986. The molecule has 2 saturated heterocycles. The maximum absolute atomic E-state index is 5.43. The Labute approximate surface area is 80.0 Å². The molecule has 5 nitrogen and oxygen atoms in total. The van der Waals surface area contributed by atoms with E-state index in [1.165, 1.54) is 0 Å². The summed E-state index contributed by atoms with van der Waals surface area (Å²) in [6.07, 6.45) is 0.